The average Bonchev–Trinajstić information content (AvgIpc) is 3.08. The van der Waals surface area contributed by atoms with Crippen LogP contribution < -0.4 is 22.4 Å². The molecule has 0 atom stereocenters. The Hall–Kier alpha value is -5.14. The van der Waals surface area contributed by atoms with E-state index in [1.165, 1.54) is 38.7 Å². The summed E-state index contributed by atoms with van der Waals surface area (Å²) in [4.78, 5) is 95.7. The molecule has 0 radical (unpaired) electrons. The predicted molar refractivity (Wildman–Crippen MR) is 251 cm³/mol. The first kappa shape index (κ1) is 54.2. The Balaban J connectivity index is 0.000000240. The van der Waals surface area contributed by atoms with Crippen molar-refractivity contribution in [3.05, 3.63) is 103 Å². The minimum absolute atomic E-state index is 0.0991. The third-order valence-corrected chi connectivity index (χ3v) is 9.99. The van der Waals surface area contributed by atoms with Crippen molar-refractivity contribution in [2.45, 2.75) is 95.1 Å². The molecule has 0 saturated carbocycles. The Bertz CT molecular complexity index is 2430. The van der Waals surface area contributed by atoms with Gasteiger partial charge in [0.25, 0.3) is 5.56 Å². The van der Waals surface area contributed by atoms with Crippen LogP contribution in [0.4, 0.5) is 31.4 Å². The van der Waals surface area contributed by atoms with E-state index in [0.29, 0.717) is 22.0 Å². The lowest BCUT2D eigenvalue weighted by atomic mass is 10.1. The highest BCUT2D eigenvalue weighted by Crippen LogP contribution is 2.26. The second-order valence-corrected chi connectivity index (χ2v) is 20.8. The highest BCUT2D eigenvalue weighted by molar-refractivity contribution is 14.1. The monoisotopic (exact) mass is 1090 g/mol. The fourth-order valence-electron chi connectivity index (χ4n) is 5.51. The maximum Gasteiger partial charge on any atom is 0.410 e. The van der Waals surface area contributed by atoms with Crippen LogP contribution in [0.25, 0.3) is 0 Å². The third kappa shape index (κ3) is 16.7. The van der Waals surface area contributed by atoms with Crippen LogP contribution in [0, 0.1) is 20.2 Å². The van der Waals surface area contributed by atoms with Crippen molar-refractivity contribution in [1.29, 1.82) is 0 Å². The van der Waals surface area contributed by atoms with Crippen molar-refractivity contribution in [3.63, 3.8) is 0 Å². The van der Waals surface area contributed by atoms with Crippen molar-refractivity contribution >= 4 is 92.7 Å². The van der Waals surface area contributed by atoms with Gasteiger partial charge in [-0.2, -0.15) is 0 Å². The molecule has 6 rings (SSSR count). The highest BCUT2D eigenvalue weighted by Gasteiger charge is 2.37. The molecule has 26 heteroatoms. The van der Waals surface area contributed by atoms with Gasteiger partial charge in [0.2, 0.25) is 0 Å². The van der Waals surface area contributed by atoms with Crippen LogP contribution in [-0.2, 0) is 14.2 Å². The molecule has 3 fully saturated rings. The van der Waals surface area contributed by atoms with Crippen LogP contribution >= 0.6 is 57.4 Å². The molecule has 3 aromatic heterocycles. The maximum absolute atomic E-state index is 12.0. The molecule has 0 aliphatic carbocycles. The topological polar surface area (TPSA) is 278 Å². The van der Waals surface area contributed by atoms with Gasteiger partial charge in [-0.05, 0) is 68.4 Å². The quantitative estimate of drug-likeness (QED) is 0.0871. The van der Waals surface area contributed by atoms with Gasteiger partial charge in [-0.1, -0.05) is 57.4 Å². The number of carbonyl (C=O) groups excluding carboxylic acids is 3. The number of anilines is 1. The number of rotatable bonds is 4. The summed E-state index contributed by atoms with van der Waals surface area (Å²) in [6.45, 7) is 19.3. The second-order valence-electron chi connectivity index (χ2n) is 17.7. The number of hydrogen-bond donors (Lipinski definition) is 2. The average molecular weight is 1090 g/mol. The molecule has 358 valence electrons. The third-order valence-electron chi connectivity index (χ3n) is 8.57. The molecule has 3 aliphatic heterocycles. The number of aromatic amines is 1. The number of nitrogens with zero attached hydrogens (tertiary/aromatic N) is 7. The molecule has 3 aromatic rings. The zero-order valence-corrected chi connectivity index (χ0v) is 41.4. The van der Waals surface area contributed by atoms with Gasteiger partial charge >= 0.3 is 40.8 Å². The Kier molecular flexibility index (Phi) is 18.3. The van der Waals surface area contributed by atoms with E-state index in [4.69, 9.17) is 54.7 Å². The SMILES string of the molecule is CC(C)(C)OC(=O)N1CC(I)C1.CC(C)(C)OC(=O)N1CC(n2cc(Cl)cc(N)c2=O)C1.CC(C)(C)OC(=O)N1CC(n2cc(Cl)cc([N+](=O)[O-])c2=O)C1.O=c1[nH]cc(Cl)cc1[N+](=O)[O-]. The molecule has 3 saturated heterocycles. The largest absolute Gasteiger partial charge is 0.444 e. The lowest BCUT2D eigenvalue weighted by molar-refractivity contribution is -0.386. The van der Waals surface area contributed by atoms with Gasteiger partial charge < -0.3 is 48.8 Å². The van der Waals surface area contributed by atoms with Crippen molar-refractivity contribution < 1.29 is 38.4 Å². The number of pyridine rings is 3. The number of hydrogen-bond acceptors (Lipinski definition) is 14. The summed E-state index contributed by atoms with van der Waals surface area (Å²) >= 11 is 19.4. The van der Waals surface area contributed by atoms with Crippen LogP contribution in [0.5, 0.6) is 0 Å². The van der Waals surface area contributed by atoms with E-state index in [-0.39, 0.29) is 64.3 Å². The number of carbonyl (C=O) groups is 3. The number of likely N-dealkylation sites (tertiary alicyclic amines) is 3. The minimum atomic E-state index is -0.787. The molecular formula is C39H51Cl3IN9O13. The number of halogens is 4. The molecule has 3 amide bonds. The number of alkyl halides is 1. The number of nitrogen functional groups attached to an aromatic ring is 1. The van der Waals surface area contributed by atoms with E-state index in [0.717, 1.165) is 25.2 Å². The van der Waals surface area contributed by atoms with Crippen LogP contribution in [-0.4, -0.2) is 117 Å². The summed E-state index contributed by atoms with van der Waals surface area (Å²) in [6, 6.07) is 2.98. The number of nitro groups is 2. The first-order valence-electron chi connectivity index (χ1n) is 19.6. The van der Waals surface area contributed by atoms with E-state index in [2.05, 4.69) is 27.6 Å². The minimum Gasteiger partial charge on any atom is -0.444 e. The highest BCUT2D eigenvalue weighted by atomic mass is 127. The summed E-state index contributed by atoms with van der Waals surface area (Å²) in [5, 5.41) is 21.6. The normalized spacial score (nSPS) is 15.2. The van der Waals surface area contributed by atoms with Gasteiger partial charge in [-0.25, -0.2) is 14.4 Å². The van der Waals surface area contributed by atoms with Gasteiger partial charge in [0, 0.05) is 73.9 Å². The maximum atomic E-state index is 12.0. The number of H-pyrrole nitrogens is 1. The van der Waals surface area contributed by atoms with Crippen molar-refractivity contribution in [3.8, 4) is 0 Å². The summed E-state index contributed by atoms with van der Waals surface area (Å²) < 4.78 is 18.9. The Morgan fingerprint density at radius 1 is 0.646 bits per heavy atom. The summed E-state index contributed by atoms with van der Waals surface area (Å²) in [7, 11) is 0. The molecule has 3 aliphatic rings. The smallest absolute Gasteiger partial charge is 0.410 e. The first-order chi connectivity index (χ1) is 29.7. The second kappa shape index (κ2) is 21.9. The first-order valence-corrected chi connectivity index (χ1v) is 22.0. The molecule has 0 bridgehead atoms. The summed E-state index contributed by atoms with van der Waals surface area (Å²) in [6.07, 6.45) is 3.03. The Labute approximate surface area is 401 Å². The van der Waals surface area contributed by atoms with Crippen LogP contribution in [0.3, 0.4) is 0 Å². The number of nitrogens with two attached hydrogens (primary N) is 1. The van der Waals surface area contributed by atoms with Gasteiger partial charge in [0.1, 0.15) is 16.8 Å². The predicted octanol–water partition coefficient (Wildman–Crippen LogP) is 7.05. The van der Waals surface area contributed by atoms with E-state index < -0.39 is 49.6 Å². The van der Waals surface area contributed by atoms with Crippen LogP contribution in [0.2, 0.25) is 15.1 Å². The number of ether oxygens (including phenoxy) is 3. The van der Waals surface area contributed by atoms with E-state index >= 15 is 0 Å². The number of nitrogens with one attached hydrogen (secondary N) is 1. The number of aromatic nitrogens is 3. The lowest BCUT2D eigenvalue weighted by Gasteiger charge is -2.40. The standard InChI is InChI=1S/C13H16ClN3O5.C13H18ClN3O3.C8H14INO2.C5H3ClN2O3/c1-13(2,3)22-12(19)15-6-9(7-15)16-5-8(14)4-10(11(16)18)17(20)21;1-13(2,3)20-12(19)16-6-9(7-16)17-5-8(14)4-10(15)11(17)18;1-8(2,3)12-7(11)10-4-6(9)5-10;6-3-1-4(8(10)11)5(9)7-2-3/h4-5,9H,6-7H2,1-3H3;4-5,9H,6-7,15H2,1-3H3;6H,4-5H2,1-3H3;1-2H,(H,7,9). The Morgan fingerprint density at radius 2 is 1.00 bits per heavy atom. The van der Waals surface area contributed by atoms with Gasteiger partial charge in [0.05, 0.1) is 42.7 Å². The van der Waals surface area contributed by atoms with Crippen molar-refractivity contribution in [2.24, 2.45) is 0 Å². The molecule has 3 N–H and O–H groups in total. The zero-order chi connectivity index (χ0) is 49.5. The molecule has 0 unspecified atom stereocenters. The molecule has 6 heterocycles. The van der Waals surface area contributed by atoms with Gasteiger partial charge in [0.15, 0.2) is 0 Å². The van der Waals surface area contributed by atoms with E-state index in [1.54, 1.807) is 30.6 Å². The van der Waals surface area contributed by atoms with E-state index in [9.17, 15) is 49.0 Å². The molecule has 0 spiro atoms. The molecular weight excluding hydrogens is 1040 g/mol. The summed E-state index contributed by atoms with van der Waals surface area (Å²) in [5.41, 5.74) is 1.30. The lowest BCUT2D eigenvalue weighted by Crippen LogP contribution is -2.54. The Morgan fingerprint density at radius 3 is 1.35 bits per heavy atom. The van der Waals surface area contributed by atoms with E-state index in [1.807, 2.05) is 41.5 Å². The van der Waals surface area contributed by atoms with Crippen molar-refractivity contribution in [2.75, 3.05) is 45.0 Å². The van der Waals surface area contributed by atoms with Crippen LogP contribution in [0.15, 0.2) is 51.2 Å². The fourth-order valence-corrected chi connectivity index (χ4v) is 7.05. The summed E-state index contributed by atoms with van der Waals surface area (Å²) in [5.74, 6) is 0. The number of amides is 3. The van der Waals surface area contributed by atoms with Crippen LogP contribution in [0.1, 0.15) is 74.4 Å². The zero-order valence-electron chi connectivity index (χ0n) is 37.0. The molecule has 65 heavy (non-hydrogen) atoms. The molecule has 22 nitrogen and oxygen atoms in total. The van der Waals surface area contributed by atoms with Gasteiger partial charge in [-0.3, -0.25) is 34.6 Å². The molecule has 0 aromatic carbocycles. The van der Waals surface area contributed by atoms with Crippen molar-refractivity contribution in [1.82, 2.24) is 28.8 Å². The fraction of sp³-hybridized carbons (Fsp3) is 0.538. The van der Waals surface area contributed by atoms with Gasteiger partial charge in [-0.15, -0.1) is 0 Å².